The molecule has 30 heavy (non-hydrogen) atoms. The molecule has 8 nitrogen and oxygen atoms in total. The molecule has 8 heteroatoms. The molecular formula is C22H23N7O. The van der Waals surface area contributed by atoms with Gasteiger partial charge >= 0.3 is 0 Å². The van der Waals surface area contributed by atoms with Crippen molar-refractivity contribution >= 4 is 11.5 Å². The maximum absolute atomic E-state index is 12.6. The first-order chi connectivity index (χ1) is 14.7. The molecule has 0 saturated carbocycles. The minimum Gasteiger partial charge on any atom is -0.356 e. The van der Waals surface area contributed by atoms with E-state index in [1.165, 1.54) is 0 Å². The van der Waals surface area contributed by atoms with Gasteiger partial charge in [-0.2, -0.15) is 9.61 Å². The van der Waals surface area contributed by atoms with Crippen LogP contribution in [0, 0.1) is 12.8 Å². The number of fused-ring (bicyclic) bond motifs is 1. The average Bonchev–Trinajstić information content (AvgIpc) is 3.24. The predicted octanol–water partition coefficient (Wildman–Crippen LogP) is 2.57. The van der Waals surface area contributed by atoms with Gasteiger partial charge in [0.15, 0.2) is 5.65 Å². The fraction of sp³-hybridized carbons (Fsp3) is 0.318. The lowest BCUT2D eigenvalue weighted by molar-refractivity contribution is 0.349. The summed E-state index contributed by atoms with van der Waals surface area (Å²) in [5.74, 6) is 1.53. The maximum atomic E-state index is 12.6. The number of piperidine rings is 1. The van der Waals surface area contributed by atoms with Crippen LogP contribution in [0.3, 0.4) is 0 Å². The Morgan fingerprint density at radius 1 is 1.07 bits per heavy atom. The van der Waals surface area contributed by atoms with Gasteiger partial charge in [0.1, 0.15) is 5.82 Å². The van der Waals surface area contributed by atoms with E-state index in [4.69, 9.17) is 0 Å². The van der Waals surface area contributed by atoms with Crippen molar-refractivity contribution in [3.8, 4) is 11.3 Å². The maximum Gasteiger partial charge on any atom is 0.253 e. The zero-order chi connectivity index (χ0) is 20.5. The van der Waals surface area contributed by atoms with Gasteiger partial charge in [0.25, 0.3) is 5.56 Å². The van der Waals surface area contributed by atoms with Gasteiger partial charge in [0.05, 0.1) is 18.2 Å². The third-order valence-corrected chi connectivity index (χ3v) is 5.72. The van der Waals surface area contributed by atoms with Crippen LogP contribution in [0.4, 0.5) is 5.82 Å². The normalized spacial score (nSPS) is 15.0. The van der Waals surface area contributed by atoms with E-state index < -0.39 is 0 Å². The van der Waals surface area contributed by atoms with E-state index in [1.54, 1.807) is 35.6 Å². The lowest BCUT2D eigenvalue weighted by Crippen LogP contribution is -2.37. The van der Waals surface area contributed by atoms with Crippen molar-refractivity contribution in [1.82, 2.24) is 29.1 Å². The Balaban J connectivity index is 1.27. The molecule has 0 N–H and O–H groups in total. The van der Waals surface area contributed by atoms with Gasteiger partial charge in [-0.1, -0.05) is 0 Å². The quantitative estimate of drug-likeness (QED) is 0.523. The summed E-state index contributed by atoms with van der Waals surface area (Å²) in [6.07, 6.45) is 8.90. The Morgan fingerprint density at radius 3 is 2.63 bits per heavy atom. The van der Waals surface area contributed by atoms with E-state index in [1.807, 2.05) is 29.6 Å². The number of hydrogen-bond donors (Lipinski definition) is 0. The summed E-state index contributed by atoms with van der Waals surface area (Å²) in [5, 5.41) is 4.42. The van der Waals surface area contributed by atoms with Gasteiger partial charge in [-0.25, -0.2) is 9.97 Å². The van der Waals surface area contributed by atoms with Gasteiger partial charge in [0.2, 0.25) is 0 Å². The van der Waals surface area contributed by atoms with Crippen LogP contribution in [0.15, 0.2) is 60.0 Å². The Kier molecular flexibility index (Phi) is 4.74. The van der Waals surface area contributed by atoms with Crippen molar-refractivity contribution in [3.05, 3.63) is 71.3 Å². The van der Waals surface area contributed by atoms with Crippen molar-refractivity contribution in [2.75, 3.05) is 18.0 Å². The third-order valence-electron chi connectivity index (χ3n) is 5.72. The van der Waals surface area contributed by atoms with Crippen LogP contribution in [0.2, 0.25) is 0 Å². The number of pyridine rings is 1. The molecule has 152 valence electrons. The highest BCUT2D eigenvalue weighted by atomic mass is 16.1. The molecule has 1 fully saturated rings. The van der Waals surface area contributed by atoms with Gasteiger partial charge in [-0.15, -0.1) is 0 Å². The topological polar surface area (TPSA) is 81.2 Å². The predicted molar refractivity (Wildman–Crippen MR) is 114 cm³/mol. The SMILES string of the molecule is Cc1cc(N2CCC(Cn3cnc(-c4ccncc4)cc3=O)CC2)n2nccc2n1. The van der Waals surface area contributed by atoms with Crippen molar-refractivity contribution in [3.63, 3.8) is 0 Å². The van der Waals surface area contributed by atoms with Crippen LogP contribution in [-0.4, -0.2) is 42.2 Å². The molecule has 0 radical (unpaired) electrons. The molecule has 0 unspecified atom stereocenters. The summed E-state index contributed by atoms with van der Waals surface area (Å²) in [6, 6.07) is 9.35. The van der Waals surface area contributed by atoms with Gasteiger partial charge < -0.3 is 4.90 Å². The summed E-state index contributed by atoms with van der Waals surface area (Å²) in [4.78, 5) is 28.0. The summed E-state index contributed by atoms with van der Waals surface area (Å²) in [7, 11) is 0. The molecule has 0 amide bonds. The van der Waals surface area contributed by atoms with Crippen LogP contribution in [0.5, 0.6) is 0 Å². The molecule has 0 atom stereocenters. The highest BCUT2D eigenvalue weighted by molar-refractivity contribution is 5.57. The Labute approximate surface area is 173 Å². The highest BCUT2D eigenvalue weighted by Gasteiger charge is 2.22. The number of aryl methyl sites for hydroxylation is 1. The molecule has 4 aromatic heterocycles. The van der Waals surface area contributed by atoms with Crippen LogP contribution in [-0.2, 0) is 6.54 Å². The van der Waals surface area contributed by atoms with E-state index >= 15 is 0 Å². The van der Waals surface area contributed by atoms with Crippen molar-refractivity contribution in [1.29, 1.82) is 0 Å². The van der Waals surface area contributed by atoms with Crippen LogP contribution < -0.4 is 10.5 Å². The Morgan fingerprint density at radius 2 is 1.87 bits per heavy atom. The Hall–Kier alpha value is -3.55. The van der Waals surface area contributed by atoms with Crippen LogP contribution in [0.1, 0.15) is 18.5 Å². The minimum absolute atomic E-state index is 0.0118. The minimum atomic E-state index is -0.0118. The van der Waals surface area contributed by atoms with Crippen LogP contribution >= 0.6 is 0 Å². The first kappa shape index (κ1) is 18.5. The van der Waals surface area contributed by atoms with E-state index in [0.717, 1.165) is 48.7 Å². The zero-order valence-electron chi connectivity index (χ0n) is 16.8. The van der Waals surface area contributed by atoms with Crippen molar-refractivity contribution in [2.24, 2.45) is 5.92 Å². The lowest BCUT2D eigenvalue weighted by Gasteiger charge is -2.33. The smallest absolute Gasteiger partial charge is 0.253 e. The van der Waals surface area contributed by atoms with Crippen molar-refractivity contribution in [2.45, 2.75) is 26.3 Å². The first-order valence-electron chi connectivity index (χ1n) is 10.2. The Bertz CT molecular complexity index is 1220. The number of aromatic nitrogens is 6. The van der Waals surface area contributed by atoms with Gasteiger partial charge in [0, 0.05) is 61.5 Å². The fourth-order valence-corrected chi connectivity index (χ4v) is 4.11. The van der Waals surface area contributed by atoms with Gasteiger partial charge in [-0.05, 0) is 37.8 Å². The largest absolute Gasteiger partial charge is 0.356 e. The summed E-state index contributed by atoms with van der Waals surface area (Å²) in [6.45, 7) is 4.57. The molecule has 1 aliphatic rings. The summed E-state index contributed by atoms with van der Waals surface area (Å²) < 4.78 is 3.63. The second-order valence-electron chi connectivity index (χ2n) is 7.79. The average molecular weight is 401 g/mol. The molecule has 4 aromatic rings. The van der Waals surface area contributed by atoms with Crippen molar-refractivity contribution < 1.29 is 0 Å². The molecule has 5 rings (SSSR count). The standard InChI is InChI=1S/C22H23N7O/c1-16-12-21(29-20(26-16)4-9-25-29)27-10-5-17(6-11-27)14-28-15-24-19(13-22(28)30)18-2-7-23-8-3-18/h2-4,7-9,12-13,15,17H,5-6,10-11,14H2,1H3. The lowest BCUT2D eigenvalue weighted by atomic mass is 9.96. The summed E-state index contributed by atoms with van der Waals surface area (Å²) >= 11 is 0. The molecule has 5 heterocycles. The molecular weight excluding hydrogens is 378 g/mol. The number of anilines is 1. The number of nitrogens with zero attached hydrogens (tertiary/aromatic N) is 7. The molecule has 1 saturated heterocycles. The van der Waals surface area contributed by atoms with Gasteiger partial charge in [-0.3, -0.25) is 14.3 Å². The third kappa shape index (κ3) is 3.56. The molecule has 0 bridgehead atoms. The number of hydrogen-bond acceptors (Lipinski definition) is 6. The monoisotopic (exact) mass is 401 g/mol. The summed E-state index contributed by atoms with van der Waals surface area (Å²) in [5.41, 5.74) is 3.44. The first-order valence-corrected chi connectivity index (χ1v) is 10.2. The van der Waals surface area contributed by atoms with E-state index in [-0.39, 0.29) is 5.56 Å². The fourth-order valence-electron chi connectivity index (χ4n) is 4.11. The van der Waals surface area contributed by atoms with E-state index in [2.05, 4.69) is 31.0 Å². The molecule has 1 aliphatic heterocycles. The second-order valence-corrected chi connectivity index (χ2v) is 7.79. The zero-order valence-corrected chi connectivity index (χ0v) is 16.8. The van der Waals surface area contributed by atoms with E-state index in [9.17, 15) is 4.79 Å². The molecule has 0 aromatic carbocycles. The highest BCUT2D eigenvalue weighted by Crippen LogP contribution is 2.25. The number of rotatable bonds is 4. The van der Waals surface area contributed by atoms with E-state index in [0.29, 0.717) is 18.2 Å². The second kappa shape index (κ2) is 7.70. The van der Waals surface area contributed by atoms with Crippen LogP contribution in [0.25, 0.3) is 16.9 Å². The molecule has 0 aliphatic carbocycles. The molecule has 0 spiro atoms.